The van der Waals surface area contributed by atoms with Crippen LogP contribution in [0.5, 0.6) is 0 Å². The minimum atomic E-state index is -2.95. The van der Waals surface area contributed by atoms with Gasteiger partial charge in [-0.25, -0.2) is 8.42 Å². The summed E-state index contributed by atoms with van der Waals surface area (Å²) in [5.41, 5.74) is 2.17. The highest BCUT2D eigenvalue weighted by molar-refractivity contribution is 7.91. The van der Waals surface area contributed by atoms with Crippen LogP contribution in [0, 0.1) is 6.92 Å². The molecule has 1 amide bonds. The Hall–Kier alpha value is -1.36. The van der Waals surface area contributed by atoms with Crippen molar-refractivity contribution in [1.29, 1.82) is 0 Å². The van der Waals surface area contributed by atoms with Crippen LogP contribution >= 0.6 is 0 Å². The molecule has 1 atom stereocenters. The minimum Gasteiger partial charge on any atom is -0.335 e. The molecule has 3 rings (SSSR count). The highest BCUT2D eigenvalue weighted by Gasteiger charge is 2.41. The molecule has 0 bridgehead atoms. The molecule has 1 saturated carbocycles. The van der Waals surface area contributed by atoms with Gasteiger partial charge in [0.15, 0.2) is 9.84 Å². The Morgan fingerprint density at radius 2 is 1.81 bits per heavy atom. The normalized spacial score (nSPS) is 24.0. The molecule has 0 N–H and O–H groups in total. The van der Waals surface area contributed by atoms with Gasteiger partial charge in [0.25, 0.3) is 0 Å². The quantitative estimate of drug-likeness (QED) is 0.851. The fourth-order valence-corrected chi connectivity index (χ4v) is 4.74. The Morgan fingerprint density at radius 1 is 1.14 bits per heavy atom. The molecule has 0 aromatic heterocycles. The van der Waals surface area contributed by atoms with Crippen molar-refractivity contribution in [3.05, 3.63) is 35.4 Å². The van der Waals surface area contributed by atoms with E-state index in [1.165, 1.54) is 5.56 Å². The number of hydrogen-bond acceptors (Lipinski definition) is 3. The second-order valence-corrected chi connectivity index (χ2v) is 8.48. The molecule has 4 nitrogen and oxygen atoms in total. The van der Waals surface area contributed by atoms with Crippen molar-refractivity contribution in [1.82, 2.24) is 4.90 Å². The Kier molecular flexibility index (Phi) is 3.78. The third kappa shape index (κ3) is 3.46. The molecule has 2 aliphatic rings. The lowest BCUT2D eigenvalue weighted by Crippen LogP contribution is -2.43. The van der Waals surface area contributed by atoms with Gasteiger partial charge < -0.3 is 4.90 Å². The SMILES string of the molecule is Cc1ccc(CC(=O)N(C2CC2)C2CCS(=O)(=O)C2)cc1. The lowest BCUT2D eigenvalue weighted by molar-refractivity contribution is -0.133. The molecular weight excluding hydrogens is 286 g/mol. The highest BCUT2D eigenvalue weighted by Crippen LogP contribution is 2.32. The van der Waals surface area contributed by atoms with Crippen LogP contribution in [0.1, 0.15) is 30.4 Å². The fourth-order valence-electron chi connectivity index (χ4n) is 3.02. The maximum absolute atomic E-state index is 12.6. The molecule has 5 heteroatoms. The summed E-state index contributed by atoms with van der Waals surface area (Å²) in [4.78, 5) is 14.5. The van der Waals surface area contributed by atoms with Crippen molar-refractivity contribution in [3.63, 3.8) is 0 Å². The van der Waals surface area contributed by atoms with E-state index in [1.54, 1.807) is 0 Å². The van der Waals surface area contributed by atoms with Crippen molar-refractivity contribution in [2.45, 2.75) is 44.7 Å². The van der Waals surface area contributed by atoms with Gasteiger partial charge in [-0.2, -0.15) is 0 Å². The van der Waals surface area contributed by atoms with E-state index in [0.29, 0.717) is 12.8 Å². The van der Waals surface area contributed by atoms with Gasteiger partial charge in [-0.15, -0.1) is 0 Å². The average Bonchev–Trinajstić information content (AvgIpc) is 3.17. The molecule has 1 aromatic rings. The Bertz CT molecular complexity index is 632. The van der Waals surface area contributed by atoms with Crippen molar-refractivity contribution in [3.8, 4) is 0 Å². The molecule has 21 heavy (non-hydrogen) atoms. The van der Waals surface area contributed by atoms with Gasteiger partial charge >= 0.3 is 0 Å². The number of nitrogens with zero attached hydrogens (tertiary/aromatic N) is 1. The van der Waals surface area contributed by atoms with Gasteiger partial charge in [0.1, 0.15) is 0 Å². The van der Waals surface area contributed by atoms with Crippen LogP contribution in [-0.2, 0) is 21.1 Å². The third-order valence-electron chi connectivity index (χ3n) is 4.31. The van der Waals surface area contributed by atoms with Crippen molar-refractivity contribution < 1.29 is 13.2 Å². The molecule has 1 aliphatic carbocycles. The number of benzene rings is 1. The number of hydrogen-bond donors (Lipinski definition) is 0. The molecule has 1 unspecified atom stereocenters. The number of sulfone groups is 1. The summed E-state index contributed by atoms with van der Waals surface area (Å²) in [5, 5.41) is 0. The smallest absolute Gasteiger partial charge is 0.227 e. The van der Waals surface area contributed by atoms with Crippen LogP contribution in [0.4, 0.5) is 0 Å². The molecule has 2 fully saturated rings. The van der Waals surface area contributed by atoms with Gasteiger partial charge in [-0.3, -0.25) is 4.79 Å². The summed E-state index contributed by atoms with van der Waals surface area (Å²) < 4.78 is 23.3. The largest absolute Gasteiger partial charge is 0.335 e. The van der Waals surface area contributed by atoms with Crippen molar-refractivity contribution in [2.24, 2.45) is 0 Å². The zero-order valence-corrected chi connectivity index (χ0v) is 13.1. The molecule has 0 spiro atoms. The lowest BCUT2D eigenvalue weighted by atomic mass is 10.1. The van der Waals surface area contributed by atoms with Gasteiger partial charge in [0.2, 0.25) is 5.91 Å². The Morgan fingerprint density at radius 3 is 2.33 bits per heavy atom. The molecule has 1 heterocycles. The molecule has 0 radical (unpaired) electrons. The third-order valence-corrected chi connectivity index (χ3v) is 6.06. The van der Waals surface area contributed by atoms with Crippen LogP contribution in [0.2, 0.25) is 0 Å². The van der Waals surface area contributed by atoms with E-state index >= 15 is 0 Å². The topological polar surface area (TPSA) is 54.5 Å². The molecule has 1 saturated heterocycles. The predicted octanol–water partition coefficient (Wildman–Crippen LogP) is 1.72. The Labute approximate surface area is 126 Å². The second-order valence-electron chi connectivity index (χ2n) is 6.25. The second kappa shape index (κ2) is 5.44. The minimum absolute atomic E-state index is 0.0726. The van der Waals surface area contributed by atoms with E-state index in [9.17, 15) is 13.2 Å². The predicted molar refractivity (Wildman–Crippen MR) is 81.8 cm³/mol. The van der Waals surface area contributed by atoms with E-state index in [1.807, 2.05) is 36.1 Å². The van der Waals surface area contributed by atoms with E-state index < -0.39 is 9.84 Å². The average molecular weight is 307 g/mol. The van der Waals surface area contributed by atoms with E-state index in [0.717, 1.165) is 18.4 Å². The molecule has 114 valence electrons. The number of carbonyl (C=O) groups is 1. The fraction of sp³-hybridized carbons (Fsp3) is 0.562. The summed E-state index contributed by atoms with van der Waals surface area (Å²) in [6.07, 6.45) is 2.98. The summed E-state index contributed by atoms with van der Waals surface area (Å²) in [6.45, 7) is 2.02. The van der Waals surface area contributed by atoms with Gasteiger partial charge in [0, 0.05) is 12.1 Å². The summed E-state index contributed by atoms with van der Waals surface area (Å²) in [5.74, 6) is 0.436. The van der Waals surface area contributed by atoms with Gasteiger partial charge in [0.05, 0.1) is 17.9 Å². The van der Waals surface area contributed by atoms with Crippen molar-refractivity contribution >= 4 is 15.7 Å². The summed E-state index contributed by atoms with van der Waals surface area (Å²) in [6, 6.07) is 8.11. The number of carbonyl (C=O) groups excluding carboxylic acids is 1. The van der Waals surface area contributed by atoms with Gasteiger partial charge in [-0.1, -0.05) is 29.8 Å². The number of aryl methyl sites for hydroxylation is 1. The van der Waals surface area contributed by atoms with E-state index in [2.05, 4.69) is 0 Å². The first-order valence-electron chi connectivity index (χ1n) is 7.52. The van der Waals surface area contributed by atoms with Crippen LogP contribution in [0.3, 0.4) is 0 Å². The zero-order chi connectivity index (χ0) is 15.0. The summed E-state index contributed by atoms with van der Waals surface area (Å²) >= 11 is 0. The first-order valence-corrected chi connectivity index (χ1v) is 9.34. The van der Waals surface area contributed by atoms with Crippen LogP contribution < -0.4 is 0 Å². The number of amides is 1. The standard InChI is InChI=1S/C16H21NO3S/c1-12-2-4-13(5-3-12)10-16(18)17(14-6-7-14)15-8-9-21(19,20)11-15/h2-5,14-15H,6-11H2,1H3. The number of rotatable bonds is 4. The first kappa shape index (κ1) is 14.6. The van der Waals surface area contributed by atoms with Crippen molar-refractivity contribution in [2.75, 3.05) is 11.5 Å². The molecule has 1 aliphatic heterocycles. The maximum atomic E-state index is 12.6. The Balaban J connectivity index is 1.72. The lowest BCUT2D eigenvalue weighted by Gasteiger charge is -2.28. The van der Waals surface area contributed by atoms with E-state index in [4.69, 9.17) is 0 Å². The van der Waals surface area contributed by atoms with Crippen LogP contribution in [0.25, 0.3) is 0 Å². The van der Waals surface area contributed by atoms with Crippen LogP contribution in [-0.4, -0.2) is 42.8 Å². The maximum Gasteiger partial charge on any atom is 0.227 e. The van der Waals surface area contributed by atoms with Crippen LogP contribution in [0.15, 0.2) is 24.3 Å². The first-order chi connectivity index (χ1) is 9.94. The monoisotopic (exact) mass is 307 g/mol. The zero-order valence-electron chi connectivity index (χ0n) is 12.3. The summed E-state index contributed by atoms with van der Waals surface area (Å²) in [7, 11) is -2.95. The van der Waals surface area contributed by atoms with E-state index in [-0.39, 0.29) is 29.5 Å². The van der Waals surface area contributed by atoms with Gasteiger partial charge in [-0.05, 0) is 31.7 Å². The molecular formula is C16H21NO3S. The highest BCUT2D eigenvalue weighted by atomic mass is 32.2. The molecule has 1 aromatic carbocycles.